The van der Waals surface area contributed by atoms with E-state index in [2.05, 4.69) is 0 Å². The lowest BCUT2D eigenvalue weighted by molar-refractivity contribution is -0.169. The summed E-state index contributed by atoms with van der Waals surface area (Å²) in [6, 6.07) is 0. The van der Waals surface area contributed by atoms with Crippen LogP contribution < -0.4 is 5.73 Å². The molecule has 0 unspecified atom stereocenters. The van der Waals surface area contributed by atoms with Gasteiger partial charge in [-0.25, -0.2) is 4.79 Å². The first-order valence-electron chi connectivity index (χ1n) is 9.02. The van der Waals surface area contributed by atoms with E-state index in [-0.39, 0.29) is 37.2 Å². The largest absolute Gasteiger partial charge is 0.463 e. The Kier molecular flexibility index (Phi) is 7.87. The number of rotatable bonds is 7. The molecule has 0 aromatic rings. The van der Waals surface area contributed by atoms with Gasteiger partial charge in [0.1, 0.15) is 0 Å². The number of amides is 2. The van der Waals surface area contributed by atoms with Crippen LogP contribution in [-0.4, -0.2) is 35.0 Å². The summed E-state index contributed by atoms with van der Waals surface area (Å²) in [6.45, 7) is 6.97. The fourth-order valence-electron chi connectivity index (χ4n) is 3.20. The van der Waals surface area contributed by atoms with Crippen molar-refractivity contribution < 1.29 is 19.1 Å². The van der Waals surface area contributed by atoms with E-state index in [0.29, 0.717) is 0 Å². The minimum atomic E-state index is -1.77. The third-order valence-corrected chi connectivity index (χ3v) is 4.42. The maximum absolute atomic E-state index is 12.8. The average molecular weight is 340 g/mol. The van der Waals surface area contributed by atoms with Gasteiger partial charge in [0.25, 0.3) is 0 Å². The minimum Gasteiger partial charge on any atom is -0.463 e. The number of imide groups is 1. The van der Waals surface area contributed by atoms with E-state index in [0.717, 1.165) is 30.6 Å². The summed E-state index contributed by atoms with van der Waals surface area (Å²) in [7, 11) is 0. The van der Waals surface area contributed by atoms with E-state index in [1.54, 1.807) is 6.92 Å². The van der Waals surface area contributed by atoms with Crippen LogP contribution in [0.3, 0.4) is 0 Å². The number of carbonyl (C=O) groups is 3. The van der Waals surface area contributed by atoms with Gasteiger partial charge in [0, 0.05) is 12.8 Å². The maximum atomic E-state index is 12.8. The second kappa shape index (κ2) is 9.16. The van der Waals surface area contributed by atoms with Crippen LogP contribution >= 0.6 is 0 Å². The minimum absolute atomic E-state index is 0.0699. The van der Waals surface area contributed by atoms with Crippen LogP contribution in [0, 0.1) is 11.8 Å². The Bertz CT molecular complexity index is 454. The van der Waals surface area contributed by atoms with E-state index < -0.39 is 17.5 Å². The Labute approximate surface area is 145 Å². The summed E-state index contributed by atoms with van der Waals surface area (Å²) in [5.41, 5.74) is 4.31. The summed E-state index contributed by atoms with van der Waals surface area (Å²) in [4.78, 5) is 38.6. The van der Waals surface area contributed by atoms with Gasteiger partial charge < -0.3 is 4.74 Å². The summed E-state index contributed by atoms with van der Waals surface area (Å²) in [5.74, 6) is -1.20. The number of carbonyl (C=O) groups excluding carboxylic acids is 3. The number of esters is 1. The predicted octanol–water partition coefficient (Wildman–Crippen LogP) is 2.60. The predicted molar refractivity (Wildman–Crippen MR) is 91.7 cm³/mol. The molecule has 1 aliphatic carbocycles. The molecule has 0 saturated heterocycles. The van der Waals surface area contributed by atoms with E-state index >= 15 is 0 Å². The van der Waals surface area contributed by atoms with Crippen LogP contribution in [-0.2, 0) is 19.1 Å². The van der Waals surface area contributed by atoms with E-state index in [4.69, 9.17) is 10.5 Å². The van der Waals surface area contributed by atoms with E-state index in [1.165, 1.54) is 13.3 Å². The second-order valence-electron chi connectivity index (χ2n) is 7.30. The van der Waals surface area contributed by atoms with Crippen molar-refractivity contribution in [2.45, 2.75) is 78.3 Å². The normalized spacial score (nSPS) is 18.1. The SMILES string of the molecule is CCOC(=O)[C@@](C)(N)N(C(=O)CC(C)C)C(=O)CC1CCCCC1. The van der Waals surface area contributed by atoms with Crippen molar-refractivity contribution in [2.75, 3.05) is 6.61 Å². The van der Waals surface area contributed by atoms with Gasteiger partial charge >= 0.3 is 5.97 Å². The zero-order chi connectivity index (χ0) is 18.3. The van der Waals surface area contributed by atoms with Crippen LogP contribution in [0.4, 0.5) is 0 Å². The standard InChI is InChI=1S/C18H32N2O4/c1-5-24-17(23)18(4,19)20(15(21)11-13(2)3)16(22)12-14-9-7-6-8-10-14/h13-14H,5-12,19H2,1-4H3/t18-/m0/s1. The molecule has 138 valence electrons. The molecule has 0 aliphatic heterocycles. The van der Waals surface area contributed by atoms with Crippen LogP contribution in [0.5, 0.6) is 0 Å². The van der Waals surface area contributed by atoms with Crippen molar-refractivity contribution in [2.24, 2.45) is 17.6 Å². The van der Waals surface area contributed by atoms with Crippen LogP contribution in [0.15, 0.2) is 0 Å². The monoisotopic (exact) mass is 340 g/mol. The van der Waals surface area contributed by atoms with E-state index in [1.807, 2.05) is 13.8 Å². The molecule has 1 saturated carbocycles. The number of hydrogen-bond donors (Lipinski definition) is 1. The Morgan fingerprint density at radius 2 is 1.75 bits per heavy atom. The fraction of sp³-hybridized carbons (Fsp3) is 0.833. The molecular weight excluding hydrogens is 308 g/mol. The number of ether oxygens (including phenoxy) is 1. The lowest BCUT2D eigenvalue weighted by atomic mass is 9.86. The maximum Gasteiger partial charge on any atom is 0.347 e. The number of nitrogens with zero attached hydrogens (tertiary/aromatic N) is 1. The van der Waals surface area contributed by atoms with Crippen molar-refractivity contribution in [1.82, 2.24) is 4.90 Å². The lowest BCUT2D eigenvalue weighted by Crippen LogP contribution is -2.64. The molecule has 6 heteroatoms. The highest BCUT2D eigenvalue weighted by molar-refractivity contribution is 6.01. The molecule has 6 nitrogen and oxygen atoms in total. The van der Waals surface area contributed by atoms with Crippen molar-refractivity contribution in [3.05, 3.63) is 0 Å². The third kappa shape index (κ3) is 5.58. The highest BCUT2D eigenvalue weighted by atomic mass is 16.5. The Morgan fingerprint density at radius 3 is 2.25 bits per heavy atom. The van der Waals surface area contributed by atoms with Gasteiger partial charge in [0.05, 0.1) is 6.61 Å². The van der Waals surface area contributed by atoms with Crippen LogP contribution in [0.2, 0.25) is 0 Å². The molecule has 0 radical (unpaired) electrons. The number of nitrogens with two attached hydrogens (primary N) is 1. The zero-order valence-corrected chi connectivity index (χ0v) is 15.5. The summed E-state index contributed by atoms with van der Waals surface area (Å²) < 4.78 is 4.97. The topological polar surface area (TPSA) is 89.7 Å². The Balaban J connectivity index is 2.96. The molecule has 0 bridgehead atoms. The molecule has 1 atom stereocenters. The number of hydrogen-bond acceptors (Lipinski definition) is 5. The Hall–Kier alpha value is -1.43. The Morgan fingerprint density at radius 1 is 1.17 bits per heavy atom. The first-order chi connectivity index (χ1) is 11.2. The first-order valence-corrected chi connectivity index (χ1v) is 9.02. The van der Waals surface area contributed by atoms with Gasteiger partial charge in [-0.05, 0) is 38.5 Å². The summed E-state index contributed by atoms with van der Waals surface area (Å²) in [5, 5.41) is 0. The molecule has 0 aromatic heterocycles. The van der Waals surface area contributed by atoms with E-state index in [9.17, 15) is 14.4 Å². The summed E-state index contributed by atoms with van der Waals surface area (Å²) >= 11 is 0. The lowest BCUT2D eigenvalue weighted by Gasteiger charge is -2.36. The average Bonchev–Trinajstić information content (AvgIpc) is 2.47. The smallest absolute Gasteiger partial charge is 0.347 e. The molecule has 24 heavy (non-hydrogen) atoms. The molecule has 0 aromatic carbocycles. The zero-order valence-electron chi connectivity index (χ0n) is 15.5. The van der Waals surface area contributed by atoms with Crippen molar-refractivity contribution in [3.63, 3.8) is 0 Å². The fourth-order valence-corrected chi connectivity index (χ4v) is 3.20. The van der Waals surface area contributed by atoms with Crippen LogP contribution in [0.1, 0.15) is 72.6 Å². The quantitative estimate of drug-likeness (QED) is 0.568. The second-order valence-corrected chi connectivity index (χ2v) is 7.30. The van der Waals surface area contributed by atoms with Gasteiger partial charge in [0.15, 0.2) is 5.66 Å². The molecule has 2 N–H and O–H groups in total. The molecule has 2 amide bonds. The molecule has 1 rings (SSSR count). The van der Waals surface area contributed by atoms with Crippen molar-refractivity contribution in [3.8, 4) is 0 Å². The first kappa shape index (κ1) is 20.6. The highest BCUT2D eigenvalue weighted by Gasteiger charge is 2.44. The molecule has 1 aliphatic rings. The third-order valence-electron chi connectivity index (χ3n) is 4.42. The highest BCUT2D eigenvalue weighted by Crippen LogP contribution is 2.28. The molecule has 0 spiro atoms. The van der Waals surface area contributed by atoms with Gasteiger partial charge in [0.2, 0.25) is 11.8 Å². The molecule has 0 heterocycles. The van der Waals surface area contributed by atoms with Crippen molar-refractivity contribution in [1.29, 1.82) is 0 Å². The van der Waals surface area contributed by atoms with Crippen molar-refractivity contribution >= 4 is 17.8 Å². The van der Waals surface area contributed by atoms with Gasteiger partial charge in [-0.15, -0.1) is 0 Å². The molecular formula is C18H32N2O4. The summed E-state index contributed by atoms with van der Waals surface area (Å²) in [6.07, 6.45) is 5.80. The van der Waals surface area contributed by atoms with Crippen LogP contribution in [0.25, 0.3) is 0 Å². The van der Waals surface area contributed by atoms with Gasteiger partial charge in [-0.3, -0.25) is 20.2 Å². The van der Waals surface area contributed by atoms with Gasteiger partial charge in [-0.1, -0.05) is 33.1 Å². The molecule has 1 fully saturated rings. The van der Waals surface area contributed by atoms with Gasteiger partial charge in [-0.2, -0.15) is 0 Å².